The smallest absolute Gasteiger partial charge is 0.376 e. The second kappa shape index (κ2) is 7.02. The van der Waals surface area contributed by atoms with Gasteiger partial charge in [-0.05, 0) is 62.6 Å². The molecule has 1 N–H and O–H groups in total. The number of hydrogen-bond acceptors (Lipinski definition) is 6. The number of hydrogen-bond donors (Lipinski definition) is 1. The Bertz CT molecular complexity index is 1050. The number of rotatable bonds is 3. The third kappa shape index (κ3) is 2.61. The Kier molecular flexibility index (Phi) is 4.43. The predicted octanol–water partition coefficient (Wildman–Crippen LogP) is 3.99. The summed E-state index contributed by atoms with van der Waals surface area (Å²) in [4.78, 5) is 28.2. The van der Waals surface area contributed by atoms with E-state index >= 15 is 0 Å². The number of carbonyl (C=O) groups excluding carboxylic acids is 2. The average molecular weight is 425 g/mol. The monoisotopic (exact) mass is 424 g/mol. The van der Waals surface area contributed by atoms with Crippen molar-refractivity contribution < 1.29 is 14.3 Å². The van der Waals surface area contributed by atoms with Gasteiger partial charge < -0.3 is 10.1 Å². The lowest BCUT2D eigenvalue weighted by Gasteiger charge is -2.43. The van der Waals surface area contributed by atoms with Crippen molar-refractivity contribution in [1.29, 1.82) is 0 Å². The number of hydrazone groups is 1. The highest BCUT2D eigenvalue weighted by molar-refractivity contribution is 6.43. The number of fused-ring (bicyclic) bond motifs is 2. The Labute approximate surface area is 179 Å². The van der Waals surface area contributed by atoms with Crippen molar-refractivity contribution >= 4 is 46.4 Å². The molecule has 2 aromatic rings. The van der Waals surface area contributed by atoms with Gasteiger partial charge in [-0.2, -0.15) is 0 Å². The van der Waals surface area contributed by atoms with Gasteiger partial charge in [0.25, 0.3) is 0 Å². The van der Waals surface area contributed by atoms with Gasteiger partial charge in [0.05, 0.1) is 29.6 Å². The van der Waals surface area contributed by atoms with Crippen LogP contribution in [0.2, 0.25) is 5.02 Å². The maximum atomic E-state index is 13.3. The molecule has 3 aliphatic rings. The fraction of sp³-hybridized carbons (Fsp3) is 0.318. The number of halogens is 1. The molecule has 0 saturated heterocycles. The molecule has 8 heteroatoms. The first-order valence-electron chi connectivity index (χ1n) is 10.1. The SMILES string of the molecule is CCOC(=O)C1=NN(c2ccc(Cl)cc2)[C@@]23CCC[C@@H]2C(=O)Nc2ccccc2N13. The Morgan fingerprint density at radius 1 is 1.27 bits per heavy atom. The number of para-hydroxylation sites is 2. The molecule has 1 amide bonds. The van der Waals surface area contributed by atoms with E-state index in [1.165, 1.54) is 0 Å². The van der Waals surface area contributed by atoms with Gasteiger partial charge >= 0.3 is 5.97 Å². The zero-order valence-corrected chi connectivity index (χ0v) is 17.2. The summed E-state index contributed by atoms with van der Waals surface area (Å²) in [5, 5.41) is 10.2. The highest BCUT2D eigenvalue weighted by Crippen LogP contribution is 2.53. The Morgan fingerprint density at radius 2 is 2.03 bits per heavy atom. The van der Waals surface area contributed by atoms with Gasteiger partial charge in [-0.1, -0.05) is 23.7 Å². The van der Waals surface area contributed by atoms with Crippen molar-refractivity contribution in [1.82, 2.24) is 0 Å². The lowest BCUT2D eigenvalue weighted by atomic mass is 9.92. The zero-order valence-electron chi connectivity index (χ0n) is 16.5. The number of nitrogens with one attached hydrogen (secondary N) is 1. The van der Waals surface area contributed by atoms with E-state index < -0.39 is 11.6 Å². The van der Waals surface area contributed by atoms with Crippen LogP contribution in [0.5, 0.6) is 0 Å². The molecule has 154 valence electrons. The van der Waals surface area contributed by atoms with Gasteiger partial charge in [0.1, 0.15) is 0 Å². The average Bonchev–Trinajstić information content (AvgIpc) is 3.30. The molecule has 0 radical (unpaired) electrons. The number of amides is 1. The van der Waals surface area contributed by atoms with E-state index in [9.17, 15) is 9.59 Å². The first kappa shape index (κ1) is 18.9. The summed E-state index contributed by atoms with van der Waals surface area (Å²) in [6.45, 7) is 2.00. The standard InChI is InChI=1S/C22H21ClN4O3/c1-2-30-21(29)19-25-27(15-11-9-14(23)10-12-15)22-13-5-6-16(22)20(28)24-17-7-3-4-8-18(17)26(19)22/h3-4,7-12,16H,2,5-6,13H2,1H3,(H,24,28)/t16-,22+/m1/s1. The van der Waals surface area contributed by atoms with Crippen LogP contribution < -0.4 is 15.2 Å². The largest absolute Gasteiger partial charge is 0.460 e. The third-order valence-electron chi connectivity index (χ3n) is 6.00. The van der Waals surface area contributed by atoms with E-state index in [0.29, 0.717) is 23.6 Å². The lowest BCUT2D eigenvalue weighted by Crippen LogP contribution is -2.61. The normalized spacial score (nSPS) is 24.4. The maximum absolute atomic E-state index is 13.3. The fourth-order valence-electron chi connectivity index (χ4n) is 4.85. The van der Waals surface area contributed by atoms with Crippen LogP contribution in [-0.2, 0) is 14.3 Å². The maximum Gasteiger partial charge on any atom is 0.376 e. The van der Waals surface area contributed by atoms with Gasteiger partial charge in [0.2, 0.25) is 11.7 Å². The molecule has 5 rings (SSSR count). The van der Waals surface area contributed by atoms with Crippen molar-refractivity contribution in [2.24, 2.45) is 11.0 Å². The van der Waals surface area contributed by atoms with Gasteiger partial charge in [-0.3, -0.25) is 9.69 Å². The van der Waals surface area contributed by atoms with E-state index in [-0.39, 0.29) is 24.3 Å². The molecule has 1 fully saturated rings. The molecule has 2 aliphatic heterocycles. The molecule has 1 aliphatic carbocycles. The quantitative estimate of drug-likeness (QED) is 0.754. The van der Waals surface area contributed by atoms with Crippen LogP contribution in [0.1, 0.15) is 26.2 Å². The van der Waals surface area contributed by atoms with Crippen molar-refractivity contribution in [2.75, 3.05) is 21.8 Å². The van der Waals surface area contributed by atoms with Crippen LogP contribution in [0.4, 0.5) is 17.1 Å². The second-order valence-corrected chi connectivity index (χ2v) is 8.03. The van der Waals surface area contributed by atoms with Crippen LogP contribution in [-0.4, -0.2) is 30.0 Å². The topological polar surface area (TPSA) is 74.2 Å². The van der Waals surface area contributed by atoms with E-state index in [0.717, 1.165) is 17.8 Å². The Morgan fingerprint density at radius 3 is 2.80 bits per heavy atom. The van der Waals surface area contributed by atoms with E-state index in [2.05, 4.69) is 5.32 Å². The minimum atomic E-state index is -0.827. The number of carbonyl (C=O) groups is 2. The highest BCUT2D eigenvalue weighted by Gasteiger charge is 2.62. The minimum absolute atomic E-state index is 0.0678. The first-order valence-corrected chi connectivity index (χ1v) is 10.5. The van der Waals surface area contributed by atoms with E-state index in [1.54, 1.807) is 19.1 Å². The molecular weight excluding hydrogens is 404 g/mol. The summed E-state index contributed by atoms with van der Waals surface area (Å²) < 4.78 is 5.34. The van der Waals surface area contributed by atoms with Gasteiger partial charge in [-0.15, -0.1) is 5.10 Å². The number of nitrogens with zero attached hydrogens (tertiary/aromatic N) is 3. The summed E-state index contributed by atoms with van der Waals surface area (Å²) in [6.07, 6.45) is 2.22. The molecule has 1 saturated carbocycles. The predicted molar refractivity (Wildman–Crippen MR) is 116 cm³/mol. The lowest BCUT2D eigenvalue weighted by molar-refractivity contribution is -0.135. The van der Waals surface area contributed by atoms with Gasteiger partial charge in [-0.25, -0.2) is 9.80 Å². The van der Waals surface area contributed by atoms with E-state index in [1.807, 2.05) is 46.3 Å². The summed E-state index contributed by atoms with van der Waals surface area (Å²) in [5.41, 5.74) is 1.33. The highest BCUT2D eigenvalue weighted by atomic mass is 35.5. The molecule has 0 aromatic heterocycles. The van der Waals surface area contributed by atoms with Crippen molar-refractivity contribution in [2.45, 2.75) is 31.8 Å². The van der Waals surface area contributed by atoms with Crippen molar-refractivity contribution in [3.8, 4) is 0 Å². The number of amidine groups is 1. The van der Waals surface area contributed by atoms with Crippen LogP contribution >= 0.6 is 11.6 Å². The van der Waals surface area contributed by atoms with Crippen LogP contribution in [0.25, 0.3) is 0 Å². The molecule has 30 heavy (non-hydrogen) atoms. The van der Waals surface area contributed by atoms with Crippen LogP contribution in [0.3, 0.4) is 0 Å². The van der Waals surface area contributed by atoms with Gasteiger partial charge in [0, 0.05) is 5.02 Å². The Hall–Kier alpha value is -3.06. The molecular formula is C22H21ClN4O3. The first-order chi connectivity index (χ1) is 14.6. The third-order valence-corrected chi connectivity index (χ3v) is 6.26. The molecule has 1 spiro atoms. The summed E-state index contributed by atoms with van der Waals surface area (Å²) in [5.74, 6) is -0.774. The number of benzene rings is 2. The molecule has 2 aromatic carbocycles. The minimum Gasteiger partial charge on any atom is -0.460 e. The second-order valence-electron chi connectivity index (χ2n) is 7.60. The summed E-state index contributed by atoms with van der Waals surface area (Å²) in [7, 11) is 0. The molecule has 0 unspecified atom stereocenters. The molecule has 2 atom stereocenters. The summed E-state index contributed by atoms with van der Waals surface area (Å²) >= 11 is 6.10. The zero-order chi connectivity index (χ0) is 20.9. The Balaban J connectivity index is 1.76. The molecule has 2 heterocycles. The fourth-order valence-corrected chi connectivity index (χ4v) is 4.97. The summed E-state index contributed by atoms with van der Waals surface area (Å²) in [6, 6.07) is 14.8. The number of ether oxygens (including phenoxy) is 1. The van der Waals surface area contributed by atoms with Crippen LogP contribution in [0, 0.1) is 5.92 Å². The van der Waals surface area contributed by atoms with E-state index in [4.69, 9.17) is 21.4 Å². The van der Waals surface area contributed by atoms with Crippen molar-refractivity contribution in [3.05, 3.63) is 53.6 Å². The van der Waals surface area contributed by atoms with Gasteiger partial charge in [0.15, 0.2) is 5.66 Å². The number of anilines is 3. The molecule has 7 nitrogen and oxygen atoms in total. The molecule has 0 bridgehead atoms. The van der Waals surface area contributed by atoms with Crippen LogP contribution in [0.15, 0.2) is 53.6 Å². The number of esters is 1. The van der Waals surface area contributed by atoms with Crippen molar-refractivity contribution in [3.63, 3.8) is 0 Å².